The first-order valence-corrected chi connectivity index (χ1v) is 4.19. The minimum absolute atomic E-state index is 0. The van der Waals surface area contributed by atoms with E-state index in [4.69, 9.17) is 0 Å². The summed E-state index contributed by atoms with van der Waals surface area (Å²) in [5.74, 6) is 0. The SMILES string of the molecule is [BaH2].n1p[nH][pH][nH][pH]1. The van der Waals surface area contributed by atoms with E-state index >= 15 is 0 Å². The summed E-state index contributed by atoms with van der Waals surface area (Å²) in [5.41, 5.74) is 0. The van der Waals surface area contributed by atoms with Crippen LogP contribution < -0.4 is 0 Å². The molecular formula is H6BaN3P3. The standard InChI is InChI=1S/Ba.H4N3P3.2H/c;1-4-2-6-3-5-1;;/h;1,4-5H,(H,2,3);;. The van der Waals surface area contributed by atoms with Crippen molar-refractivity contribution >= 4 is 74.4 Å². The summed E-state index contributed by atoms with van der Waals surface area (Å²) in [6.45, 7) is 0. The number of nitrogens with zero attached hydrogens (tertiary/aromatic N) is 1. The molecule has 0 saturated carbocycles. The largest absolute Gasteiger partial charge is 0.313 e. The van der Waals surface area contributed by atoms with Gasteiger partial charge in [-0.2, -0.15) is 4.51 Å². The second-order valence-electron chi connectivity index (χ2n) is 0.674. The first kappa shape index (κ1) is 8.87. The quantitative estimate of drug-likeness (QED) is 0.670. The molecule has 1 rings (SSSR count). The Bertz CT molecular complexity index is 82.1. The monoisotopic (exact) mass is 279 g/mol. The molecule has 7 heteroatoms. The molecule has 0 aliphatic carbocycles. The van der Waals surface area contributed by atoms with Crippen LogP contribution in [0, 0.1) is 0 Å². The van der Waals surface area contributed by atoms with Crippen molar-refractivity contribution in [2.24, 2.45) is 0 Å². The minimum atomic E-state index is 0. The molecule has 1 heterocycles. The molecule has 0 saturated heterocycles. The minimum Gasteiger partial charge on any atom is -0.313 e. The Morgan fingerprint density at radius 3 is 2.57 bits per heavy atom. The second kappa shape index (κ2) is 6.00. The predicted octanol–water partition coefficient (Wildman–Crippen LogP) is 0.589. The van der Waals surface area contributed by atoms with E-state index in [1.807, 2.05) is 0 Å². The van der Waals surface area contributed by atoms with Crippen LogP contribution in [-0.2, 0) is 0 Å². The van der Waals surface area contributed by atoms with Crippen LogP contribution in [0.5, 0.6) is 0 Å². The zero-order valence-corrected chi connectivity index (χ0v) is 5.79. The van der Waals surface area contributed by atoms with Crippen LogP contribution in [0.2, 0.25) is 0 Å². The predicted molar refractivity (Wildman–Crippen MR) is 40.6 cm³/mol. The molecule has 3 nitrogen and oxygen atoms in total. The van der Waals surface area contributed by atoms with Gasteiger partial charge in [0.1, 0.15) is 8.51 Å². The first-order chi connectivity index (χ1) is 3.00. The van der Waals surface area contributed by atoms with Gasteiger partial charge in [-0.05, 0) is 0 Å². The molecule has 0 fully saturated rings. The second-order valence-corrected chi connectivity index (χ2v) is 4.04. The van der Waals surface area contributed by atoms with Gasteiger partial charge in [0.05, 0.1) is 0 Å². The van der Waals surface area contributed by atoms with Crippen LogP contribution in [0.15, 0.2) is 0 Å². The van der Waals surface area contributed by atoms with Crippen molar-refractivity contribution in [1.29, 1.82) is 0 Å². The molecule has 1 aromatic rings. The summed E-state index contributed by atoms with van der Waals surface area (Å²) in [5, 5.41) is 0. The van der Waals surface area contributed by atoms with E-state index in [1.54, 1.807) is 0 Å². The van der Waals surface area contributed by atoms with E-state index in [2.05, 4.69) is 13.5 Å². The third kappa shape index (κ3) is 4.38. The smallest absolute Gasteiger partial charge is 0.138 e. The fourth-order valence-corrected chi connectivity index (χ4v) is 2.81. The normalized spacial score (nSPS) is 10.3. The van der Waals surface area contributed by atoms with Gasteiger partial charge in [-0.3, -0.25) is 0 Å². The molecule has 7 heavy (non-hydrogen) atoms. The van der Waals surface area contributed by atoms with Crippen molar-refractivity contribution in [1.82, 2.24) is 13.5 Å². The number of H-pyrrole nitrogens is 2. The van der Waals surface area contributed by atoms with Crippen molar-refractivity contribution in [2.75, 3.05) is 0 Å². The number of hydrogen-bond acceptors (Lipinski definition) is 1. The van der Waals surface area contributed by atoms with E-state index < -0.39 is 0 Å². The maximum absolute atomic E-state index is 3.96. The Morgan fingerprint density at radius 1 is 1.57 bits per heavy atom. The maximum atomic E-state index is 3.96. The van der Waals surface area contributed by atoms with Crippen LogP contribution in [-0.4, -0.2) is 62.4 Å². The molecular weight excluding hydrogens is 272 g/mol. The molecule has 38 valence electrons. The van der Waals surface area contributed by atoms with Crippen LogP contribution in [0.4, 0.5) is 0 Å². The average Bonchev–Trinajstić information content (AvgIpc) is 1.72. The van der Waals surface area contributed by atoms with Gasteiger partial charge < -0.3 is 9.02 Å². The molecule has 1 aromatic heterocycles. The fraction of sp³-hybridized carbons (Fsp3) is 0. The Hall–Kier alpha value is 1.87. The maximum Gasteiger partial charge on any atom is 0.138 e. The van der Waals surface area contributed by atoms with Crippen molar-refractivity contribution in [3.05, 3.63) is 0 Å². The molecule has 0 spiro atoms. The van der Waals surface area contributed by atoms with Crippen LogP contribution in [0.1, 0.15) is 0 Å². The van der Waals surface area contributed by atoms with E-state index in [9.17, 15) is 0 Å². The van der Waals surface area contributed by atoms with Gasteiger partial charge in [-0.15, -0.1) is 0 Å². The van der Waals surface area contributed by atoms with E-state index in [0.717, 1.165) is 8.51 Å². The third-order valence-corrected chi connectivity index (χ3v) is 2.92. The summed E-state index contributed by atoms with van der Waals surface area (Å²) in [7, 11) is 2.36. The Morgan fingerprint density at radius 2 is 2.43 bits per heavy atom. The zero-order chi connectivity index (χ0) is 4.24. The molecule has 0 amide bonds. The first-order valence-electron chi connectivity index (χ1n) is 1.40. The van der Waals surface area contributed by atoms with E-state index in [1.165, 1.54) is 0 Å². The Kier molecular flexibility index (Phi) is 7.60. The van der Waals surface area contributed by atoms with Gasteiger partial charge in [0.25, 0.3) is 0 Å². The van der Waals surface area contributed by atoms with E-state index in [-0.39, 0.29) is 48.9 Å². The molecule has 0 aromatic carbocycles. The molecule has 0 aliphatic heterocycles. The van der Waals surface area contributed by atoms with Crippen LogP contribution in [0.25, 0.3) is 0 Å². The van der Waals surface area contributed by atoms with Crippen molar-refractivity contribution < 1.29 is 0 Å². The molecule has 2 N–H and O–H groups in total. The van der Waals surface area contributed by atoms with Crippen molar-refractivity contribution in [3.8, 4) is 0 Å². The van der Waals surface area contributed by atoms with Gasteiger partial charge in [-0.1, -0.05) is 0 Å². The van der Waals surface area contributed by atoms with E-state index in [0.29, 0.717) is 17.0 Å². The topological polar surface area (TPSA) is 44.5 Å². The summed E-state index contributed by atoms with van der Waals surface area (Å²) >= 11 is 0. The number of hydrogen-bond donors (Lipinski definition) is 2. The summed E-state index contributed by atoms with van der Waals surface area (Å²) in [4.78, 5) is 0. The molecule has 2 atom stereocenters. The average molecular weight is 278 g/mol. The number of rotatable bonds is 0. The zero-order valence-electron chi connectivity index (χ0n) is 2.89. The summed E-state index contributed by atoms with van der Waals surface area (Å²) in [6, 6.07) is 0. The van der Waals surface area contributed by atoms with Crippen LogP contribution in [0.3, 0.4) is 0 Å². The Labute approximate surface area is 86.5 Å². The van der Waals surface area contributed by atoms with Gasteiger partial charge >= 0.3 is 48.9 Å². The molecule has 0 bridgehead atoms. The van der Waals surface area contributed by atoms with Crippen molar-refractivity contribution in [3.63, 3.8) is 0 Å². The van der Waals surface area contributed by atoms with Gasteiger partial charge in [0.15, 0.2) is 0 Å². The van der Waals surface area contributed by atoms with Crippen molar-refractivity contribution in [2.45, 2.75) is 0 Å². The van der Waals surface area contributed by atoms with Crippen LogP contribution >= 0.6 is 25.5 Å². The summed E-state index contributed by atoms with van der Waals surface area (Å²) in [6.07, 6.45) is 0. The Balaban J connectivity index is 0.000000360. The van der Waals surface area contributed by atoms with Gasteiger partial charge in [0.2, 0.25) is 0 Å². The molecule has 0 aliphatic rings. The van der Waals surface area contributed by atoms with Gasteiger partial charge in [0, 0.05) is 17.0 Å². The number of aromatic nitrogens is 3. The van der Waals surface area contributed by atoms with Gasteiger partial charge in [-0.25, -0.2) is 0 Å². The third-order valence-electron chi connectivity index (χ3n) is 0.324. The number of aromatic amines is 2. The number of nitrogens with one attached hydrogen (secondary N) is 2. The summed E-state index contributed by atoms with van der Waals surface area (Å²) < 4.78 is 10.0. The molecule has 0 radical (unpaired) electrons. The fourth-order valence-electron chi connectivity index (χ4n) is 0.156. The molecule has 2 unspecified atom stereocenters.